The highest BCUT2D eigenvalue weighted by atomic mass is 32.2. The molecule has 1 aromatic heterocycles. The Hall–Kier alpha value is -2.29. The second-order valence-electron chi connectivity index (χ2n) is 6.10. The number of aromatic nitrogens is 4. The summed E-state index contributed by atoms with van der Waals surface area (Å²) < 4.78 is 12.1. The fourth-order valence-electron chi connectivity index (χ4n) is 3.03. The molecule has 3 rings (SSSR count). The summed E-state index contributed by atoms with van der Waals surface area (Å²) in [7, 11) is 3.16. The summed E-state index contributed by atoms with van der Waals surface area (Å²) in [6.07, 6.45) is 5.78. The second-order valence-corrected chi connectivity index (χ2v) is 7.05. The lowest BCUT2D eigenvalue weighted by Gasteiger charge is -2.22. The van der Waals surface area contributed by atoms with E-state index in [1.165, 1.54) is 31.0 Å². The maximum atomic E-state index is 12.2. The van der Waals surface area contributed by atoms with Crippen LogP contribution in [0.2, 0.25) is 0 Å². The Kier molecular flexibility index (Phi) is 6.32. The number of carbonyl (C=O) groups is 1. The summed E-state index contributed by atoms with van der Waals surface area (Å²) in [6, 6.07) is 5.73. The summed E-state index contributed by atoms with van der Waals surface area (Å²) in [5.74, 6) is 1.52. The zero-order valence-corrected chi connectivity index (χ0v) is 15.8. The van der Waals surface area contributed by atoms with Gasteiger partial charge in [-0.1, -0.05) is 31.0 Å². The Morgan fingerprint density at radius 1 is 1.23 bits per heavy atom. The summed E-state index contributed by atoms with van der Waals surface area (Å²) >= 11 is 1.31. The fourth-order valence-corrected chi connectivity index (χ4v) is 3.74. The molecule has 1 aromatic carbocycles. The standard InChI is InChI=1S/C17H23N5O3S/c1-24-14-9-8-13(10-15(14)25-2)22-17(19-20-21-22)26-11-16(23)18-12-6-4-3-5-7-12/h8-10,12H,3-7,11H2,1-2H3,(H,18,23). The molecule has 0 aliphatic heterocycles. The predicted molar refractivity (Wildman–Crippen MR) is 98.0 cm³/mol. The van der Waals surface area contributed by atoms with Crippen molar-refractivity contribution in [2.24, 2.45) is 0 Å². The average molecular weight is 377 g/mol. The van der Waals surface area contributed by atoms with Gasteiger partial charge in [0.1, 0.15) is 0 Å². The van der Waals surface area contributed by atoms with E-state index in [-0.39, 0.29) is 11.7 Å². The number of hydrogen-bond donors (Lipinski definition) is 1. The van der Waals surface area contributed by atoms with Crippen LogP contribution in [0.15, 0.2) is 23.4 Å². The van der Waals surface area contributed by atoms with E-state index in [0.29, 0.717) is 22.7 Å². The van der Waals surface area contributed by atoms with Crippen LogP contribution in [0, 0.1) is 0 Å². The Bertz CT molecular complexity index is 746. The van der Waals surface area contributed by atoms with Crippen molar-refractivity contribution in [1.82, 2.24) is 25.5 Å². The van der Waals surface area contributed by atoms with E-state index in [0.717, 1.165) is 18.5 Å². The topological polar surface area (TPSA) is 91.2 Å². The highest BCUT2D eigenvalue weighted by Gasteiger charge is 2.17. The summed E-state index contributed by atoms with van der Waals surface area (Å²) in [5.41, 5.74) is 0.739. The molecule has 1 heterocycles. The van der Waals surface area contributed by atoms with Gasteiger partial charge in [-0.05, 0) is 35.4 Å². The third kappa shape index (κ3) is 4.46. The van der Waals surface area contributed by atoms with E-state index in [1.807, 2.05) is 6.07 Å². The lowest BCUT2D eigenvalue weighted by atomic mass is 9.95. The van der Waals surface area contributed by atoms with Gasteiger partial charge in [0.05, 0.1) is 25.7 Å². The lowest BCUT2D eigenvalue weighted by molar-refractivity contribution is -0.119. The van der Waals surface area contributed by atoms with E-state index in [4.69, 9.17) is 9.47 Å². The van der Waals surface area contributed by atoms with Crippen LogP contribution in [0.4, 0.5) is 0 Å². The Balaban J connectivity index is 1.64. The van der Waals surface area contributed by atoms with Crippen LogP contribution in [-0.4, -0.2) is 52.1 Å². The summed E-state index contributed by atoms with van der Waals surface area (Å²) in [4.78, 5) is 12.2. The minimum atomic E-state index is 0.0174. The number of benzene rings is 1. The number of hydrogen-bond acceptors (Lipinski definition) is 7. The molecule has 2 aromatic rings. The maximum absolute atomic E-state index is 12.2. The van der Waals surface area contributed by atoms with Gasteiger partial charge < -0.3 is 14.8 Å². The quantitative estimate of drug-likeness (QED) is 0.740. The van der Waals surface area contributed by atoms with E-state index in [2.05, 4.69) is 20.8 Å². The first-order valence-corrected chi connectivity index (χ1v) is 9.62. The van der Waals surface area contributed by atoms with Crippen molar-refractivity contribution in [1.29, 1.82) is 0 Å². The first-order valence-electron chi connectivity index (χ1n) is 8.64. The maximum Gasteiger partial charge on any atom is 0.230 e. The van der Waals surface area contributed by atoms with Crippen LogP contribution in [-0.2, 0) is 4.79 Å². The molecule has 1 N–H and O–H groups in total. The number of nitrogens with one attached hydrogen (secondary N) is 1. The third-order valence-corrected chi connectivity index (χ3v) is 5.27. The van der Waals surface area contributed by atoms with Crippen molar-refractivity contribution in [3.05, 3.63) is 18.2 Å². The predicted octanol–water partition coefficient (Wildman–Crippen LogP) is 2.22. The molecule has 1 fully saturated rings. The molecule has 1 aliphatic carbocycles. The number of tetrazole rings is 1. The number of methoxy groups -OCH3 is 2. The highest BCUT2D eigenvalue weighted by Crippen LogP contribution is 2.30. The average Bonchev–Trinajstić information content (AvgIpc) is 3.15. The van der Waals surface area contributed by atoms with Gasteiger partial charge in [-0.15, -0.1) is 5.10 Å². The second kappa shape index (κ2) is 8.88. The van der Waals surface area contributed by atoms with E-state index >= 15 is 0 Å². The van der Waals surface area contributed by atoms with Gasteiger partial charge in [-0.3, -0.25) is 4.79 Å². The Morgan fingerprint density at radius 3 is 2.73 bits per heavy atom. The number of ether oxygens (including phenoxy) is 2. The van der Waals surface area contributed by atoms with Crippen LogP contribution in [0.3, 0.4) is 0 Å². The van der Waals surface area contributed by atoms with Crippen molar-refractivity contribution < 1.29 is 14.3 Å². The number of nitrogens with zero attached hydrogens (tertiary/aromatic N) is 4. The normalized spacial score (nSPS) is 14.8. The fraction of sp³-hybridized carbons (Fsp3) is 0.529. The highest BCUT2D eigenvalue weighted by molar-refractivity contribution is 7.99. The zero-order chi connectivity index (χ0) is 18.4. The Labute approximate surface area is 156 Å². The van der Waals surface area contributed by atoms with Crippen molar-refractivity contribution in [2.75, 3.05) is 20.0 Å². The van der Waals surface area contributed by atoms with E-state index < -0.39 is 0 Å². The molecule has 1 saturated carbocycles. The minimum absolute atomic E-state index is 0.0174. The zero-order valence-electron chi connectivity index (χ0n) is 15.0. The molecule has 9 heteroatoms. The first-order chi connectivity index (χ1) is 12.7. The molecule has 0 saturated heterocycles. The molecule has 0 spiro atoms. The number of amides is 1. The number of thioether (sulfide) groups is 1. The molecular formula is C17H23N5O3S. The minimum Gasteiger partial charge on any atom is -0.493 e. The van der Waals surface area contributed by atoms with Crippen LogP contribution in [0.5, 0.6) is 11.5 Å². The SMILES string of the molecule is COc1ccc(-n2nnnc2SCC(=O)NC2CCCCC2)cc1OC. The number of carbonyl (C=O) groups excluding carboxylic acids is 1. The molecular weight excluding hydrogens is 354 g/mol. The van der Waals surface area contributed by atoms with Crippen LogP contribution >= 0.6 is 11.8 Å². The lowest BCUT2D eigenvalue weighted by Crippen LogP contribution is -2.37. The van der Waals surface area contributed by atoms with Gasteiger partial charge in [-0.2, -0.15) is 4.68 Å². The van der Waals surface area contributed by atoms with Gasteiger partial charge >= 0.3 is 0 Å². The van der Waals surface area contributed by atoms with Gasteiger partial charge in [0.25, 0.3) is 0 Å². The van der Waals surface area contributed by atoms with Crippen molar-refractivity contribution in [3.8, 4) is 17.2 Å². The molecule has 0 bridgehead atoms. The molecule has 0 atom stereocenters. The van der Waals surface area contributed by atoms with Crippen LogP contribution in [0.25, 0.3) is 5.69 Å². The molecule has 8 nitrogen and oxygen atoms in total. The molecule has 0 radical (unpaired) electrons. The monoisotopic (exact) mass is 377 g/mol. The summed E-state index contributed by atoms with van der Waals surface area (Å²) in [6.45, 7) is 0. The molecule has 140 valence electrons. The molecule has 0 unspecified atom stereocenters. The Morgan fingerprint density at radius 2 is 2.00 bits per heavy atom. The van der Waals surface area contributed by atoms with E-state index in [9.17, 15) is 4.79 Å². The van der Waals surface area contributed by atoms with Gasteiger partial charge in [0.2, 0.25) is 11.1 Å². The van der Waals surface area contributed by atoms with Gasteiger partial charge in [-0.25, -0.2) is 0 Å². The summed E-state index contributed by atoms with van der Waals surface area (Å²) in [5, 5.41) is 15.4. The first kappa shape index (κ1) is 18.5. The van der Waals surface area contributed by atoms with Crippen molar-refractivity contribution in [3.63, 3.8) is 0 Å². The van der Waals surface area contributed by atoms with E-state index in [1.54, 1.807) is 31.0 Å². The third-order valence-electron chi connectivity index (χ3n) is 4.36. The molecule has 1 aliphatic rings. The molecule has 26 heavy (non-hydrogen) atoms. The van der Waals surface area contributed by atoms with Crippen molar-refractivity contribution >= 4 is 17.7 Å². The number of rotatable bonds is 7. The van der Waals surface area contributed by atoms with Gasteiger partial charge in [0.15, 0.2) is 11.5 Å². The van der Waals surface area contributed by atoms with Crippen LogP contribution in [0.1, 0.15) is 32.1 Å². The van der Waals surface area contributed by atoms with Crippen LogP contribution < -0.4 is 14.8 Å². The van der Waals surface area contributed by atoms with Gasteiger partial charge in [0, 0.05) is 12.1 Å². The van der Waals surface area contributed by atoms with Crippen molar-refractivity contribution in [2.45, 2.75) is 43.3 Å². The molecule has 1 amide bonds. The largest absolute Gasteiger partial charge is 0.493 e. The smallest absolute Gasteiger partial charge is 0.230 e.